The van der Waals surface area contributed by atoms with Crippen LogP contribution in [0.1, 0.15) is 59.8 Å². The smallest absolute Gasteiger partial charge is 0.313 e. The minimum Gasteiger partial charge on any atom is -0.461 e. The van der Waals surface area contributed by atoms with E-state index in [0.717, 1.165) is 12.8 Å². The van der Waals surface area contributed by atoms with Crippen molar-refractivity contribution in [2.75, 3.05) is 26.3 Å². The van der Waals surface area contributed by atoms with E-state index in [0.29, 0.717) is 32.4 Å². The van der Waals surface area contributed by atoms with Gasteiger partial charge in [0.15, 0.2) is 0 Å². The average Bonchev–Trinajstić information content (AvgIpc) is 3.04. The molecule has 2 amide bonds. The van der Waals surface area contributed by atoms with Crippen LogP contribution < -0.4 is 0 Å². The van der Waals surface area contributed by atoms with Crippen LogP contribution in [0.25, 0.3) is 0 Å². The first-order valence-electron chi connectivity index (χ1n) is 12.6. The number of carbonyl (C=O) groups is 3. The van der Waals surface area contributed by atoms with Gasteiger partial charge in [-0.25, -0.2) is 0 Å². The molecule has 4 rings (SSSR count). The van der Waals surface area contributed by atoms with Gasteiger partial charge in [-0.1, -0.05) is 38.0 Å². The van der Waals surface area contributed by atoms with Crippen LogP contribution in [0, 0.1) is 11.8 Å². The summed E-state index contributed by atoms with van der Waals surface area (Å²) in [6.45, 7) is 9.01. The average molecular weight is 475 g/mol. The molecule has 1 N–H and O–H groups in total. The molecule has 34 heavy (non-hydrogen) atoms. The second-order valence-corrected chi connectivity index (χ2v) is 10.8. The highest BCUT2D eigenvalue weighted by Gasteiger charge is 2.75. The zero-order valence-corrected chi connectivity index (χ0v) is 20.8. The van der Waals surface area contributed by atoms with Crippen molar-refractivity contribution in [1.29, 1.82) is 0 Å². The van der Waals surface area contributed by atoms with Crippen molar-refractivity contribution in [1.82, 2.24) is 9.80 Å². The van der Waals surface area contributed by atoms with Crippen molar-refractivity contribution in [3.05, 3.63) is 24.3 Å². The number of aliphatic hydroxyl groups is 1. The minimum absolute atomic E-state index is 0.143. The zero-order chi connectivity index (χ0) is 24.7. The molecule has 2 saturated heterocycles. The van der Waals surface area contributed by atoms with E-state index < -0.39 is 40.6 Å². The molecule has 0 aromatic heterocycles. The number of likely N-dealkylation sites (tertiary alicyclic amines) is 1. The lowest BCUT2D eigenvalue weighted by molar-refractivity contribution is -0.160. The Labute approximate surface area is 201 Å². The highest BCUT2D eigenvalue weighted by atomic mass is 16.6. The number of aliphatic hydroxyl groups excluding tert-OH is 1. The van der Waals surface area contributed by atoms with Crippen LogP contribution in [0.4, 0.5) is 0 Å². The standard InChI is InChI=1S/C26H38N2O6/c1-5-25-12-11-17-33-23(32)19(25)18-21(30)27(14-8-6-7-9-16-29)20-22(31)28(24(2,3)4)15-10-13-26(18,20)34-25/h10-13,18-20,29H,5-9,14-17H2,1-4H3/t18-,19-,20?,25+,26-/m0/s1. The second kappa shape index (κ2) is 9.11. The predicted molar refractivity (Wildman–Crippen MR) is 126 cm³/mol. The maximum absolute atomic E-state index is 14.1. The highest BCUT2D eigenvalue weighted by molar-refractivity contribution is 5.99. The number of nitrogens with zero attached hydrogens (tertiary/aromatic N) is 2. The topological polar surface area (TPSA) is 96.4 Å². The number of esters is 1. The molecule has 0 saturated carbocycles. The summed E-state index contributed by atoms with van der Waals surface area (Å²) in [5.74, 6) is -2.42. The molecule has 5 atom stereocenters. The van der Waals surface area contributed by atoms with Gasteiger partial charge >= 0.3 is 5.97 Å². The van der Waals surface area contributed by atoms with Crippen LogP contribution in [0.15, 0.2) is 24.3 Å². The molecule has 4 heterocycles. The lowest BCUT2D eigenvalue weighted by atomic mass is 9.73. The van der Waals surface area contributed by atoms with Gasteiger partial charge in [0.1, 0.15) is 29.8 Å². The number of fused-ring (bicyclic) bond motifs is 2. The van der Waals surface area contributed by atoms with Crippen molar-refractivity contribution >= 4 is 17.8 Å². The van der Waals surface area contributed by atoms with Crippen molar-refractivity contribution in [2.24, 2.45) is 11.8 Å². The molecular formula is C26H38N2O6. The fraction of sp³-hybridized carbons (Fsp3) is 0.731. The molecule has 1 unspecified atom stereocenters. The van der Waals surface area contributed by atoms with Crippen LogP contribution in [-0.2, 0) is 23.9 Å². The van der Waals surface area contributed by atoms with Gasteiger partial charge in [0.25, 0.3) is 0 Å². The van der Waals surface area contributed by atoms with Crippen molar-refractivity contribution < 1.29 is 29.0 Å². The largest absolute Gasteiger partial charge is 0.461 e. The van der Waals surface area contributed by atoms with E-state index in [1.165, 1.54) is 0 Å². The summed E-state index contributed by atoms with van der Waals surface area (Å²) in [6, 6.07) is -0.836. The van der Waals surface area contributed by atoms with E-state index >= 15 is 0 Å². The maximum Gasteiger partial charge on any atom is 0.313 e. The second-order valence-electron chi connectivity index (χ2n) is 10.8. The Balaban J connectivity index is 1.78. The van der Waals surface area contributed by atoms with Gasteiger partial charge < -0.3 is 24.4 Å². The maximum atomic E-state index is 14.1. The van der Waals surface area contributed by atoms with Gasteiger partial charge in [0.2, 0.25) is 11.8 Å². The zero-order valence-electron chi connectivity index (χ0n) is 20.8. The molecule has 4 aliphatic rings. The summed E-state index contributed by atoms with van der Waals surface area (Å²) in [4.78, 5) is 44.8. The predicted octanol–water partition coefficient (Wildman–Crippen LogP) is 2.21. The van der Waals surface area contributed by atoms with Crippen molar-refractivity contribution in [3.8, 4) is 0 Å². The number of cyclic esters (lactones) is 1. The van der Waals surface area contributed by atoms with E-state index in [9.17, 15) is 14.4 Å². The van der Waals surface area contributed by atoms with E-state index in [4.69, 9.17) is 14.6 Å². The Bertz CT molecular complexity index is 892. The van der Waals surface area contributed by atoms with Gasteiger partial charge in [0, 0.05) is 25.2 Å². The highest BCUT2D eigenvalue weighted by Crippen LogP contribution is 2.58. The third-order valence-electron chi connectivity index (χ3n) is 7.81. The van der Waals surface area contributed by atoms with Crippen molar-refractivity contribution in [2.45, 2.75) is 82.6 Å². The summed E-state index contributed by atoms with van der Waals surface area (Å²) >= 11 is 0. The van der Waals surface area contributed by atoms with Gasteiger partial charge in [-0.3, -0.25) is 14.4 Å². The molecule has 1 spiro atoms. The van der Waals surface area contributed by atoms with Gasteiger partial charge in [-0.15, -0.1) is 0 Å². The van der Waals surface area contributed by atoms with E-state index in [1.54, 1.807) is 15.9 Å². The third kappa shape index (κ3) is 3.79. The number of carbonyl (C=O) groups excluding carboxylic acids is 3. The molecule has 0 bridgehead atoms. The molecule has 0 radical (unpaired) electrons. The number of unbranched alkanes of at least 4 members (excludes halogenated alkanes) is 3. The Kier molecular flexibility index (Phi) is 6.68. The molecule has 0 aromatic rings. The van der Waals surface area contributed by atoms with E-state index in [-0.39, 0.29) is 25.0 Å². The summed E-state index contributed by atoms with van der Waals surface area (Å²) in [7, 11) is 0. The lowest BCUT2D eigenvalue weighted by Crippen LogP contribution is -2.59. The Morgan fingerprint density at radius 3 is 2.44 bits per heavy atom. The molecular weight excluding hydrogens is 436 g/mol. The fourth-order valence-corrected chi connectivity index (χ4v) is 6.19. The normalized spacial score (nSPS) is 35.1. The minimum atomic E-state index is -1.22. The third-order valence-corrected chi connectivity index (χ3v) is 7.81. The summed E-state index contributed by atoms with van der Waals surface area (Å²) in [6.07, 6.45) is 11.1. The van der Waals surface area contributed by atoms with Gasteiger partial charge in [0.05, 0.1) is 5.92 Å². The summed E-state index contributed by atoms with van der Waals surface area (Å²) in [5, 5.41) is 9.07. The first kappa shape index (κ1) is 24.9. The number of amides is 2. The molecule has 0 aliphatic carbocycles. The van der Waals surface area contributed by atoms with Crippen molar-refractivity contribution in [3.63, 3.8) is 0 Å². The lowest BCUT2D eigenvalue weighted by Gasteiger charge is -2.41. The Morgan fingerprint density at radius 1 is 1.03 bits per heavy atom. The van der Waals surface area contributed by atoms with Gasteiger partial charge in [-0.05, 0) is 46.1 Å². The fourth-order valence-electron chi connectivity index (χ4n) is 6.19. The van der Waals surface area contributed by atoms with Crippen LogP contribution in [-0.4, -0.2) is 81.8 Å². The number of hydrogen-bond donors (Lipinski definition) is 1. The van der Waals surface area contributed by atoms with Crippen LogP contribution >= 0.6 is 0 Å². The van der Waals surface area contributed by atoms with E-state index in [2.05, 4.69) is 0 Å². The quantitative estimate of drug-likeness (QED) is 0.345. The number of ether oxygens (including phenoxy) is 2. The molecule has 2 fully saturated rings. The van der Waals surface area contributed by atoms with Gasteiger partial charge in [-0.2, -0.15) is 0 Å². The first-order chi connectivity index (χ1) is 16.1. The Morgan fingerprint density at radius 2 is 1.76 bits per heavy atom. The summed E-state index contributed by atoms with van der Waals surface area (Å²) < 4.78 is 12.3. The number of hydrogen-bond acceptors (Lipinski definition) is 6. The van der Waals surface area contributed by atoms with Crippen LogP contribution in [0.5, 0.6) is 0 Å². The SMILES string of the molecule is CC[C@@]12C=CCOC(=O)[C@@H]1[C@H]1C(=O)N(CCCCCCO)C3C(=O)N(C(C)(C)C)CC=C[C@@]31O2. The van der Waals surface area contributed by atoms with Crippen LogP contribution in [0.3, 0.4) is 0 Å². The molecule has 8 nitrogen and oxygen atoms in total. The van der Waals surface area contributed by atoms with Crippen LogP contribution in [0.2, 0.25) is 0 Å². The summed E-state index contributed by atoms with van der Waals surface area (Å²) in [5.41, 5.74) is -2.65. The van der Waals surface area contributed by atoms with E-state index in [1.807, 2.05) is 45.9 Å². The number of rotatable bonds is 7. The molecule has 0 aromatic carbocycles. The molecule has 188 valence electrons. The molecule has 4 aliphatic heterocycles. The molecule has 8 heteroatoms. The Hall–Kier alpha value is -2.19. The monoisotopic (exact) mass is 474 g/mol. The first-order valence-corrected chi connectivity index (χ1v) is 12.6.